The van der Waals surface area contributed by atoms with Crippen molar-refractivity contribution in [2.24, 2.45) is 0 Å². The number of benzene rings is 1. The van der Waals surface area contributed by atoms with E-state index in [9.17, 15) is 4.79 Å². The molecule has 1 aliphatic rings. The van der Waals surface area contributed by atoms with Crippen LogP contribution < -0.4 is 9.47 Å². The van der Waals surface area contributed by atoms with Crippen LogP contribution in [0.3, 0.4) is 0 Å². The lowest BCUT2D eigenvalue weighted by Crippen LogP contribution is -1.98. The number of aliphatic carboxylic acids is 1. The van der Waals surface area contributed by atoms with Crippen molar-refractivity contribution in [2.75, 3.05) is 13.2 Å². The van der Waals surface area contributed by atoms with E-state index in [1.165, 1.54) is 12.1 Å². The Bertz CT molecular complexity index is 589. The quantitative estimate of drug-likeness (QED) is 0.664. The Morgan fingerprint density at radius 1 is 1.42 bits per heavy atom. The van der Waals surface area contributed by atoms with Crippen LogP contribution in [0.4, 0.5) is 0 Å². The van der Waals surface area contributed by atoms with Gasteiger partial charge < -0.3 is 14.6 Å². The van der Waals surface area contributed by atoms with Crippen LogP contribution in [0.2, 0.25) is 5.02 Å². The van der Waals surface area contributed by atoms with Gasteiger partial charge in [-0.15, -0.1) is 0 Å². The largest absolute Gasteiger partial charge is 0.489 e. The van der Waals surface area contributed by atoms with Crippen LogP contribution in [0.5, 0.6) is 11.5 Å². The molecule has 0 aliphatic carbocycles. The lowest BCUT2D eigenvalue weighted by Gasteiger charge is -2.10. The predicted molar refractivity (Wildman–Crippen MR) is 68.3 cm³/mol. The lowest BCUT2D eigenvalue weighted by atomic mass is 10.1. The minimum absolute atomic E-state index is 0.327. The summed E-state index contributed by atoms with van der Waals surface area (Å²) in [7, 11) is 0. The van der Waals surface area contributed by atoms with E-state index in [2.05, 4.69) is 0 Å². The molecule has 5 nitrogen and oxygen atoms in total. The first-order valence-corrected chi connectivity index (χ1v) is 5.94. The molecule has 0 amide bonds. The van der Waals surface area contributed by atoms with Gasteiger partial charge in [0.1, 0.15) is 11.6 Å². The van der Waals surface area contributed by atoms with E-state index in [0.717, 1.165) is 6.42 Å². The molecule has 1 aromatic rings. The summed E-state index contributed by atoms with van der Waals surface area (Å²) in [6.45, 7) is 1.01. The van der Waals surface area contributed by atoms with Crippen molar-refractivity contribution in [2.45, 2.75) is 6.42 Å². The van der Waals surface area contributed by atoms with Crippen molar-refractivity contribution in [3.8, 4) is 17.6 Å². The third-order valence-corrected chi connectivity index (χ3v) is 2.77. The van der Waals surface area contributed by atoms with Gasteiger partial charge in [0.15, 0.2) is 11.5 Å². The standard InChI is InChI=1S/C13H10ClNO4/c14-10-5-8(4-9(7-15)13(16)17)6-11-12(10)19-3-1-2-18-11/h4-6H,1-3H2,(H,16,17)/b9-4+. The van der Waals surface area contributed by atoms with E-state index in [-0.39, 0.29) is 5.57 Å². The van der Waals surface area contributed by atoms with Crippen molar-refractivity contribution in [1.82, 2.24) is 0 Å². The van der Waals surface area contributed by atoms with Crippen LogP contribution in [-0.4, -0.2) is 24.3 Å². The summed E-state index contributed by atoms with van der Waals surface area (Å²) >= 11 is 6.06. The van der Waals surface area contributed by atoms with Crippen LogP contribution in [0.1, 0.15) is 12.0 Å². The molecule has 0 saturated heterocycles. The second-order valence-corrected chi connectivity index (χ2v) is 4.26. The Morgan fingerprint density at radius 3 is 2.84 bits per heavy atom. The zero-order valence-electron chi connectivity index (χ0n) is 9.85. The van der Waals surface area contributed by atoms with Gasteiger partial charge >= 0.3 is 5.97 Å². The van der Waals surface area contributed by atoms with Gasteiger partial charge in [-0.1, -0.05) is 11.6 Å². The molecule has 0 aromatic heterocycles. The molecule has 19 heavy (non-hydrogen) atoms. The summed E-state index contributed by atoms with van der Waals surface area (Å²) in [5, 5.41) is 17.9. The fourth-order valence-electron chi connectivity index (χ4n) is 1.64. The molecule has 0 atom stereocenters. The van der Waals surface area contributed by atoms with Gasteiger partial charge in [0, 0.05) is 6.42 Å². The number of hydrogen-bond acceptors (Lipinski definition) is 4. The molecule has 0 fully saturated rings. The Labute approximate surface area is 114 Å². The molecule has 2 rings (SSSR count). The lowest BCUT2D eigenvalue weighted by molar-refractivity contribution is -0.132. The Balaban J connectivity index is 2.45. The molecule has 1 aromatic carbocycles. The van der Waals surface area contributed by atoms with Crippen LogP contribution in [0, 0.1) is 11.3 Å². The molecule has 1 aliphatic heterocycles. The van der Waals surface area contributed by atoms with Crippen molar-refractivity contribution >= 4 is 23.6 Å². The molecule has 0 unspecified atom stereocenters. The summed E-state index contributed by atoms with van der Waals surface area (Å²) < 4.78 is 10.9. The number of nitriles is 1. The Hall–Kier alpha value is -2.19. The average Bonchev–Trinajstić information content (AvgIpc) is 2.61. The van der Waals surface area contributed by atoms with Gasteiger partial charge in [-0.25, -0.2) is 4.79 Å². The van der Waals surface area contributed by atoms with E-state index < -0.39 is 5.97 Å². The summed E-state index contributed by atoms with van der Waals surface area (Å²) in [6, 6.07) is 4.75. The molecule has 98 valence electrons. The van der Waals surface area contributed by atoms with Gasteiger partial charge in [-0.05, 0) is 23.8 Å². The number of carboxylic acid groups (broad SMARTS) is 1. The van der Waals surface area contributed by atoms with Crippen molar-refractivity contribution in [1.29, 1.82) is 5.26 Å². The molecule has 0 saturated carbocycles. The molecule has 6 heteroatoms. The van der Waals surface area contributed by atoms with Gasteiger partial charge in [-0.2, -0.15) is 5.26 Å². The third kappa shape index (κ3) is 2.98. The molecule has 1 N–H and O–H groups in total. The zero-order chi connectivity index (χ0) is 13.8. The normalized spacial score (nSPS) is 14.4. The fourth-order valence-corrected chi connectivity index (χ4v) is 1.92. The van der Waals surface area contributed by atoms with Crippen LogP contribution >= 0.6 is 11.6 Å². The first kappa shape index (κ1) is 13.2. The second-order valence-electron chi connectivity index (χ2n) is 3.86. The number of hydrogen-bond donors (Lipinski definition) is 1. The summed E-state index contributed by atoms with van der Waals surface area (Å²) in [5.74, 6) is -0.380. The molecule has 1 heterocycles. The van der Waals surface area contributed by atoms with Gasteiger partial charge in [0.25, 0.3) is 0 Å². The van der Waals surface area contributed by atoms with E-state index in [0.29, 0.717) is 35.3 Å². The minimum atomic E-state index is -1.29. The van der Waals surface area contributed by atoms with Crippen LogP contribution in [-0.2, 0) is 4.79 Å². The van der Waals surface area contributed by atoms with E-state index >= 15 is 0 Å². The highest BCUT2D eigenvalue weighted by Gasteiger charge is 2.16. The highest BCUT2D eigenvalue weighted by atomic mass is 35.5. The first-order valence-electron chi connectivity index (χ1n) is 5.56. The molecular formula is C13H10ClNO4. The fraction of sp³-hybridized carbons (Fsp3) is 0.231. The number of halogens is 1. The number of rotatable bonds is 2. The summed E-state index contributed by atoms with van der Waals surface area (Å²) in [5.41, 5.74) is 0.110. The Morgan fingerprint density at radius 2 is 2.16 bits per heavy atom. The highest BCUT2D eigenvalue weighted by Crippen LogP contribution is 2.38. The van der Waals surface area contributed by atoms with Crippen LogP contribution in [0.15, 0.2) is 17.7 Å². The summed E-state index contributed by atoms with van der Waals surface area (Å²) in [6.07, 6.45) is 1.98. The monoisotopic (exact) mass is 279 g/mol. The second kappa shape index (κ2) is 5.63. The van der Waals surface area contributed by atoms with Crippen molar-refractivity contribution in [3.05, 3.63) is 28.3 Å². The molecular weight excluding hydrogens is 270 g/mol. The SMILES string of the molecule is N#C/C(=C\c1cc(Cl)c2c(c1)OCCCO2)C(=O)O. The van der Waals surface area contributed by atoms with E-state index in [1.807, 2.05) is 0 Å². The Kier molecular flexibility index (Phi) is 3.93. The molecule has 0 spiro atoms. The number of fused-ring (bicyclic) bond motifs is 1. The zero-order valence-corrected chi connectivity index (χ0v) is 10.6. The third-order valence-electron chi connectivity index (χ3n) is 2.49. The van der Waals surface area contributed by atoms with E-state index in [1.54, 1.807) is 12.1 Å². The number of nitrogens with zero attached hydrogens (tertiary/aromatic N) is 1. The van der Waals surface area contributed by atoms with Gasteiger partial charge in [0.05, 0.1) is 18.2 Å². The van der Waals surface area contributed by atoms with E-state index in [4.69, 9.17) is 31.4 Å². The van der Waals surface area contributed by atoms with Gasteiger partial charge in [-0.3, -0.25) is 0 Å². The molecule has 0 bridgehead atoms. The maximum absolute atomic E-state index is 10.8. The maximum Gasteiger partial charge on any atom is 0.346 e. The summed E-state index contributed by atoms with van der Waals surface area (Å²) in [4.78, 5) is 10.8. The predicted octanol–water partition coefficient (Wildman–Crippen LogP) is 2.49. The minimum Gasteiger partial charge on any atom is -0.489 e. The number of ether oxygens (including phenoxy) is 2. The highest BCUT2D eigenvalue weighted by molar-refractivity contribution is 6.32. The number of carbonyl (C=O) groups is 1. The average molecular weight is 280 g/mol. The topological polar surface area (TPSA) is 79.5 Å². The van der Waals surface area contributed by atoms with Crippen LogP contribution in [0.25, 0.3) is 6.08 Å². The maximum atomic E-state index is 10.8. The van der Waals surface area contributed by atoms with Gasteiger partial charge in [0.2, 0.25) is 0 Å². The van der Waals surface area contributed by atoms with Crippen molar-refractivity contribution < 1.29 is 19.4 Å². The smallest absolute Gasteiger partial charge is 0.346 e. The first-order chi connectivity index (χ1) is 9.11. The molecule has 0 radical (unpaired) electrons. The van der Waals surface area contributed by atoms with Crippen molar-refractivity contribution in [3.63, 3.8) is 0 Å². The number of carboxylic acids is 1.